The average Bonchev–Trinajstić information content (AvgIpc) is 2.36. The van der Waals surface area contributed by atoms with Crippen LogP contribution in [0.4, 0.5) is 5.69 Å². The molecule has 1 rings (SSSR count). The van der Waals surface area contributed by atoms with Crippen LogP contribution in [0.5, 0.6) is 0 Å². The molecule has 0 saturated heterocycles. The van der Waals surface area contributed by atoms with Gasteiger partial charge in [0.25, 0.3) is 0 Å². The smallest absolute Gasteiger partial charge is 0.243 e. The lowest BCUT2D eigenvalue weighted by Crippen LogP contribution is -2.45. The molecule has 0 heterocycles. The van der Waals surface area contributed by atoms with Crippen molar-refractivity contribution < 1.29 is 4.79 Å². The lowest BCUT2D eigenvalue weighted by Gasteiger charge is -2.23. The Labute approximate surface area is 102 Å². The predicted octanol–water partition coefficient (Wildman–Crippen LogP) is 1.50. The van der Waals surface area contributed by atoms with Gasteiger partial charge in [-0.2, -0.15) is 5.26 Å². The molecule has 0 aromatic heterocycles. The van der Waals surface area contributed by atoms with Gasteiger partial charge in [-0.15, -0.1) is 0 Å². The number of likely N-dealkylation sites (N-methyl/N-ethyl adjacent to an activating group) is 1. The number of carbonyl (C=O) groups is 1. The van der Waals surface area contributed by atoms with Gasteiger partial charge >= 0.3 is 0 Å². The highest BCUT2D eigenvalue weighted by atomic mass is 16.2. The zero-order chi connectivity index (χ0) is 13.0. The molecule has 2 N–H and O–H groups in total. The second-order valence-corrected chi connectivity index (χ2v) is 4.33. The summed E-state index contributed by atoms with van der Waals surface area (Å²) in [5.41, 5.74) is 7.03. The predicted molar refractivity (Wildman–Crippen MR) is 67.4 cm³/mol. The van der Waals surface area contributed by atoms with Gasteiger partial charge < -0.3 is 10.6 Å². The van der Waals surface area contributed by atoms with Gasteiger partial charge in [-0.25, -0.2) is 0 Å². The van der Waals surface area contributed by atoms with Crippen LogP contribution in [0.25, 0.3) is 0 Å². The molecule has 0 aliphatic heterocycles. The van der Waals surface area contributed by atoms with E-state index in [9.17, 15) is 4.79 Å². The van der Waals surface area contributed by atoms with Gasteiger partial charge in [0.05, 0.1) is 17.7 Å². The molecule has 1 aromatic carbocycles. The van der Waals surface area contributed by atoms with Gasteiger partial charge in [0.15, 0.2) is 0 Å². The fraction of sp³-hybridized carbons (Fsp3) is 0.385. The van der Waals surface area contributed by atoms with Crippen LogP contribution in [0, 0.1) is 17.2 Å². The summed E-state index contributed by atoms with van der Waals surface area (Å²) in [6.07, 6.45) is 0. The fourth-order valence-corrected chi connectivity index (χ4v) is 1.42. The maximum Gasteiger partial charge on any atom is 0.243 e. The summed E-state index contributed by atoms with van der Waals surface area (Å²) >= 11 is 0. The third-order valence-electron chi connectivity index (χ3n) is 2.70. The fourth-order valence-electron chi connectivity index (χ4n) is 1.42. The second-order valence-electron chi connectivity index (χ2n) is 4.33. The van der Waals surface area contributed by atoms with Crippen LogP contribution in [0.15, 0.2) is 24.3 Å². The molecule has 0 bridgehead atoms. The molecule has 0 radical (unpaired) electrons. The van der Waals surface area contributed by atoms with Crippen LogP contribution in [0.3, 0.4) is 0 Å². The van der Waals surface area contributed by atoms with E-state index in [4.69, 9.17) is 11.0 Å². The highest BCUT2D eigenvalue weighted by molar-refractivity contribution is 5.96. The van der Waals surface area contributed by atoms with Crippen LogP contribution in [-0.2, 0) is 4.79 Å². The quantitative estimate of drug-likeness (QED) is 0.857. The van der Waals surface area contributed by atoms with E-state index < -0.39 is 6.04 Å². The number of hydrogen-bond acceptors (Lipinski definition) is 3. The van der Waals surface area contributed by atoms with E-state index in [2.05, 4.69) is 0 Å². The summed E-state index contributed by atoms with van der Waals surface area (Å²) in [6, 6.07) is 8.42. The third kappa shape index (κ3) is 3.05. The zero-order valence-electron chi connectivity index (χ0n) is 10.3. The number of nitrogens with zero attached hydrogens (tertiary/aromatic N) is 2. The summed E-state index contributed by atoms with van der Waals surface area (Å²) in [6.45, 7) is 3.81. The van der Waals surface area contributed by atoms with Gasteiger partial charge in [-0.05, 0) is 24.1 Å². The van der Waals surface area contributed by atoms with Crippen molar-refractivity contribution in [3.8, 4) is 6.07 Å². The molecule has 17 heavy (non-hydrogen) atoms. The largest absolute Gasteiger partial charge is 0.320 e. The monoisotopic (exact) mass is 231 g/mol. The van der Waals surface area contributed by atoms with Crippen LogP contribution in [0.2, 0.25) is 0 Å². The Morgan fingerprint density at radius 3 is 2.65 bits per heavy atom. The molecule has 0 aliphatic rings. The van der Waals surface area contributed by atoms with Crippen molar-refractivity contribution in [2.45, 2.75) is 19.9 Å². The summed E-state index contributed by atoms with van der Waals surface area (Å²) in [5, 5.41) is 8.80. The van der Waals surface area contributed by atoms with Crippen molar-refractivity contribution >= 4 is 11.6 Å². The SMILES string of the molecule is CC(C)[C@H](N)C(=O)N(C)c1cccc(C#N)c1. The molecule has 4 heteroatoms. The summed E-state index contributed by atoms with van der Waals surface area (Å²) in [5.74, 6) is -0.0563. The molecule has 1 amide bonds. The van der Waals surface area contributed by atoms with Crippen LogP contribution < -0.4 is 10.6 Å². The molecule has 0 saturated carbocycles. The minimum absolute atomic E-state index is 0.0871. The lowest BCUT2D eigenvalue weighted by atomic mass is 10.0. The zero-order valence-corrected chi connectivity index (χ0v) is 10.3. The second kappa shape index (κ2) is 5.46. The maximum atomic E-state index is 12.0. The standard InChI is InChI=1S/C13H17N3O/c1-9(2)12(15)13(17)16(3)11-6-4-5-10(7-11)8-14/h4-7,9,12H,15H2,1-3H3/t12-/m0/s1. The van der Waals surface area contributed by atoms with Gasteiger partial charge in [0, 0.05) is 12.7 Å². The molecule has 0 aliphatic carbocycles. The molecular formula is C13H17N3O. The van der Waals surface area contributed by atoms with Crippen molar-refractivity contribution in [1.82, 2.24) is 0 Å². The van der Waals surface area contributed by atoms with Gasteiger partial charge in [0.1, 0.15) is 0 Å². The number of amides is 1. The first kappa shape index (κ1) is 13.2. The summed E-state index contributed by atoms with van der Waals surface area (Å²) in [4.78, 5) is 13.5. The Bertz CT molecular complexity index is 448. The minimum atomic E-state index is -0.522. The summed E-state index contributed by atoms with van der Waals surface area (Å²) in [7, 11) is 1.67. The number of nitriles is 1. The Hall–Kier alpha value is -1.86. The van der Waals surface area contributed by atoms with Crippen LogP contribution in [-0.4, -0.2) is 19.0 Å². The van der Waals surface area contributed by atoms with E-state index in [1.165, 1.54) is 4.90 Å². The first-order valence-electron chi connectivity index (χ1n) is 5.50. The Kier molecular flexibility index (Phi) is 4.24. The van der Waals surface area contributed by atoms with Gasteiger partial charge in [0.2, 0.25) is 5.91 Å². The lowest BCUT2D eigenvalue weighted by molar-refractivity contribution is -0.120. The first-order valence-corrected chi connectivity index (χ1v) is 5.50. The molecule has 1 aromatic rings. The normalized spacial score (nSPS) is 12.0. The van der Waals surface area contributed by atoms with E-state index in [-0.39, 0.29) is 11.8 Å². The molecule has 90 valence electrons. The first-order chi connectivity index (χ1) is 7.97. The third-order valence-corrected chi connectivity index (χ3v) is 2.70. The highest BCUT2D eigenvalue weighted by Gasteiger charge is 2.21. The van der Waals surface area contributed by atoms with Crippen LogP contribution in [0.1, 0.15) is 19.4 Å². The van der Waals surface area contributed by atoms with E-state index >= 15 is 0 Å². The van der Waals surface area contributed by atoms with E-state index in [1.807, 2.05) is 19.9 Å². The minimum Gasteiger partial charge on any atom is -0.320 e. The van der Waals surface area contributed by atoms with Crippen LogP contribution >= 0.6 is 0 Å². The van der Waals surface area contributed by atoms with E-state index in [0.29, 0.717) is 11.3 Å². The van der Waals surface area contributed by atoms with Crippen molar-refractivity contribution in [3.63, 3.8) is 0 Å². The maximum absolute atomic E-state index is 12.0. The van der Waals surface area contributed by atoms with Gasteiger partial charge in [-0.3, -0.25) is 4.79 Å². The number of carbonyl (C=O) groups excluding carboxylic acids is 1. The molecular weight excluding hydrogens is 214 g/mol. The molecule has 0 unspecified atom stereocenters. The Morgan fingerprint density at radius 1 is 1.47 bits per heavy atom. The molecule has 1 atom stereocenters. The molecule has 4 nitrogen and oxygen atoms in total. The summed E-state index contributed by atoms with van der Waals surface area (Å²) < 4.78 is 0. The van der Waals surface area contributed by atoms with Crippen molar-refractivity contribution in [3.05, 3.63) is 29.8 Å². The van der Waals surface area contributed by atoms with Crippen molar-refractivity contribution in [1.29, 1.82) is 5.26 Å². The Balaban J connectivity index is 2.93. The number of rotatable bonds is 3. The number of hydrogen-bond donors (Lipinski definition) is 1. The van der Waals surface area contributed by atoms with E-state index in [0.717, 1.165) is 0 Å². The number of benzene rings is 1. The average molecular weight is 231 g/mol. The molecule has 0 fully saturated rings. The topological polar surface area (TPSA) is 70.1 Å². The number of nitrogens with two attached hydrogens (primary N) is 1. The number of anilines is 1. The Morgan fingerprint density at radius 2 is 2.12 bits per heavy atom. The molecule has 0 spiro atoms. The van der Waals surface area contributed by atoms with Crippen molar-refractivity contribution in [2.75, 3.05) is 11.9 Å². The van der Waals surface area contributed by atoms with Gasteiger partial charge in [-0.1, -0.05) is 19.9 Å². The highest BCUT2D eigenvalue weighted by Crippen LogP contribution is 2.16. The van der Waals surface area contributed by atoms with E-state index in [1.54, 1.807) is 31.3 Å². The van der Waals surface area contributed by atoms with Crippen molar-refractivity contribution in [2.24, 2.45) is 11.7 Å².